The molecule has 0 unspecified atom stereocenters. The second-order valence-electron chi connectivity index (χ2n) is 7.34. The number of nitrogens with one attached hydrogen (secondary N) is 1. The number of carbonyl (C=O) groups excluding carboxylic acids is 2. The molecule has 0 saturated carbocycles. The molecule has 0 aliphatic carbocycles. The van der Waals surface area contributed by atoms with Crippen molar-refractivity contribution in [2.24, 2.45) is 0 Å². The number of fused-ring (bicyclic) bond motifs is 1. The van der Waals surface area contributed by atoms with Crippen molar-refractivity contribution in [3.63, 3.8) is 0 Å². The summed E-state index contributed by atoms with van der Waals surface area (Å²) in [5.74, 6) is -0.0179. The van der Waals surface area contributed by atoms with Gasteiger partial charge in [-0.05, 0) is 55.7 Å². The van der Waals surface area contributed by atoms with Crippen molar-refractivity contribution in [1.82, 2.24) is 4.98 Å². The van der Waals surface area contributed by atoms with E-state index in [1.165, 1.54) is 4.90 Å². The van der Waals surface area contributed by atoms with Crippen molar-refractivity contribution >= 4 is 46.1 Å². The van der Waals surface area contributed by atoms with Crippen LogP contribution in [-0.2, 0) is 16.0 Å². The largest absolute Gasteiger partial charge is 0.482 e. The number of carbonyl (C=O) groups is 2. The van der Waals surface area contributed by atoms with Gasteiger partial charge in [-0.2, -0.15) is 0 Å². The molecule has 0 saturated heterocycles. The van der Waals surface area contributed by atoms with E-state index in [0.29, 0.717) is 22.1 Å². The molecule has 0 fully saturated rings. The summed E-state index contributed by atoms with van der Waals surface area (Å²) < 4.78 is 5.57. The van der Waals surface area contributed by atoms with Crippen LogP contribution < -0.4 is 15.0 Å². The maximum Gasteiger partial charge on any atom is 0.265 e. The van der Waals surface area contributed by atoms with Gasteiger partial charge in [-0.3, -0.25) is 14.5 Å². The van der Waals surface area contributed by atoms with Gasteiger partial charge in [-0.15, -0.1) is 11.3 Å². The Hall–Kier alpha value is -2.90. The van der Waals surface area contributed by atoms with Gasteiger partial charge in [0.15, 0.2) is 6.61 Å². The zero-order valence-corrected chi connectivity index (χ0v) is 18.8. The minimum atomic E-state index is -0.314. The lowest BCUT2D eigenvalue weighted by Crippen LogP contribution is -2.43. The number of aryl methyl sites for hydroxylation is 2. The van der Waals surface area contributed by atoms with Gasteiger partial charge in [0, 0.05) is 21.7 Å². The number of nitrogens with zero attached hydrogens (tertiary/aromatic N) is 2. The molecule has 3 aromatic rings. The zero-order valence-electron chi connectivity index (χ0n) is 17.3. The highest BCUT2D eigenvalue weighted by Crippen LogP contribution is 2.36. The van der Waals surface area contributed by atoms with Gasteiger partial charge >= 0.3 is 0 Å². The number of aromatic nitrogens is 1. The van der Waals surface area contributed by atoms with Gasteiger partial charge in [0.25, 0.3) is 5.91 Å². The molecule has 0 radical (unpaired) electrons. The molecular formula is C23H22ClN3O3S. The van der Waals surface area contributed by atoms with Crippen LogP contribution in [0.2, 0.25) is 5.02 Å². The standard InChI is InChI=1S/C23H22ClN3O3S/c1-3-4-22-26-18(13-31-22)15-6-8-20-19(9-15)27(23(29)12-30-20)11-21(28)25-16-7-5-14(2)17(24)10-16/h5-10,13H,3-4,11-12H2,1-2H3,(H,25,28). The smallest absolute Gasteiger partial charge is 0.265 e. The first kappa shape index (κ1) is 21.3. The van der Waals surface area contributed by atoms with Gasteiger partial charge in [0.05, 0.1) is 16.4 Å². The van der Waals surface area contributed by atoms with E-state index >= 15 is 0 Å². The van der Waals surface area contributed by atoms with Gasteiger partial charge in [-0.25, -0.2) is 4.98 Å². The number of hydrogen-bond donors (Lipinski definition) is 1. The molecule has 0 spiro atoms. The number of halogens is 1. The fraction of sp³-hybridized carbons (Fsp3) is 0.261. The van der Waals surface area contributed by atoms with E-state index in [9.17, 15) is 9.59 Å². The SMILES string of the molecule is CCCc1nc(-c2ccc3c(c2)N(CC(=O)Nc2ccc(C)c(Cl)c2)C(=O)CO3)cs1. The average molecular weight is 456 g/mol. The number of hydrogen-bond acceptors (Lipinski definition) is 5. The van der Waals surface area contributed by atoms with Crippen LogP contribution in [0.25, 0.3) is 11.3 Å². The van der Waals surface area contributed by atoms with E-state index in [-0.39, 0.29) is 25.0 Å². The predicted molar refractivity (Wildman–Crippen MR) is 124 cm³/mol. The third kappa shape index (κ3) is 4.73. The quantitative estimate of drug-likeness (QED) is 0.562. The minimum Gasteiger partial charge on any atom is -0.482 e. The molecule has 1 N–H and O–H groups in total. The summed E-state index contributed by atoms with van der Waals surface area (Å²) in [6.07, 6.45) is 1.97. The fourth-order valence-electron chi connectivity index (χ4n) is 3.32. The molecule has 0 bridgehead atoms. The molecule has 1 aliphatic rings. The third-order valence-corrected chi connectivity index (χ3v) is 6.29. The Morgan fingerprint density at radius 3 is 2.90 bits per heavy atom. The molecule has 31 heavy (non-hydrogen) atoms. The second kappa shape index (κ2) is 9.08. The molecule has 1 aromatic heterocycles. The highest BCUT2D eigenvalue weighted by Gasteiger charge is 2.28. The van der Waals surface area contributed by atoms with Gasteiger partial charge in [-0.1, -0.05) is 24.6 Å². The molecule has 160 valence electrons. The van der Waals surface area contributed by atoms with Crippen molar-refractivity contribution in [3.8, 4) is 17.0 Å². The average Bonchev–Trinajstić information content (AvgIpc) is 3.21. The summed E-state index contributed by atoms with van der Waals surface area (Å²) in [6.45, 7) is 3.79. The molecule has 4 rings (SSSR count). The summed E-state index contributed by atoms with van der Waals surface area (Å²) in [5.41, 5.74) is 3.81. The van der Waals surface area contributed by atoms with Crippen LogP contribution in [0.5, 0.6) is 5.75 Å². The molecule has 8 heteroatoms. The summed E-state index contributed by atoms with van der Waals surface area (Å²) in [5, 5.41) is 6.46. The van der Waals surface area contributed by atoms with E-state index in [2.05, 4.69) is 17.2 Å². The first-order chi connectivity index (χ1) is 14.9. The third-order valence-electron chi connectivity index (χ3n) is 4.97. The topological polar surface area (TPSA) is 71.5 Å². The maximum atomic E-state index is 12.7. The predicted octanol–water partition coefficient (Wildman–Crippen LogP) is 5.09. The second-order valence-corrected chi connectivity index (χ2v) is 8.69. The van der Waals surface area contributed by atoms with Crippen LogP contribution in [0.1, 0.15) is 23.9 Å². The molecule has 1 aliphatic heterocycles. The lowest BCUT2D eigenvalue weighted by atomic mass is 10.1. The van der Waals surface area contributed by atoms with E-state index < -0.39 is 0 Å². The monoisotopic (exact) mass is 455 g/mol. The lowest BCUT2D eigenvalue weighted by molar-refractivity contribution is -0.123. The van der Waals surface area contributed by atoms with E-state index in [1.807, 2.05) is 36.6 Å². The Morgan fingerprint density at radius 2 is 2.13 bits per heavy atom. The number of amides is 2. The minimum absolute atomic E-state index is 0.104. The number of anilines is 2. The number of thiazole rings is 1. The van der Waals surface area contributed by atoms with Crippen LogP contribution >= 0.6 is 22.9 Å². The van der Waals surface area contributed by atoms with E-state index in [4.69, 9.17) is 16.3 Å². The molecule has 0 atom stereocenters. The zero-order chi connectivity index (χ0) is 22.0. The summed E-state index contributed by atoms with van der Waals surface area (Å²) in [4.78, 5) is 31.4. The molecule has 6 nitrogen and oxygen atoms in total. The highest BCUT2D eigenvalue weighted by atomic mass is 35.5. The van der Waals surface area contributed by atoms with Gasteiger partial charge in [0.2, 0.25) is 5.91 Å². The Balaban J connectivity index is 1.56. The Labute approximate surface area is 189 Å². The molecule has 2 aromatic carbocycles. The first-order valence-corrected chi connectivity index (χ1v) is 11.3. The van der Waals surface area contributed by atoms with Crippen LogP contribution in [0.4, 0.5) is 11.4 Å². The van der Waals surface area contributed by atoms with Crippen LogP contribution in [0.15, 0.2) is 41.8 Å². The van der Waals surface area contributed by atoms with E-state index in [0.717, 1.165) is 34.7 Å². The summed E-state index contributed by atoms with van der Waals surface area (Å²) in [7, 11) is 0. The van der Waals surface area contributed by atoms with Crippen molar-refractivity contribution in [2.45, 2.75) is 26.7 Å². The number of ether oxygens (including phenoxy) is 1. The fourth-order valence-corrected chi connectivity index (χ4v) is 4.41. The van der Waals surface area contributed by atoms with Crippen molar-refractivity contribution in [3.05, 3.63) is 57.4 Å². The lowest BCUT2D eigenvalue weighted by Gasteiger charge is -2.29. The van der Waals surface area contributed by atoms with Crippen LogP contribution in [-0.4, -0.2) is 29.9 Å². The van der Waals surface area contributed by atoms with E-state index in [1.54, 1.807) is 23.5 Å². The molecule has 2 heterocycles. The molecule has 2 amide bonds. The normalized spacial score (nSPS) is 13.0. The maximum absolute atomic E-state index is 12.7. The van der Waals surface area contributed by atoms with Gasteiger partial charge in [0.1, 0.15) is 12.3 Å². The Bertz CT molecular complexity index is 1140. The van der Waals surface area contributed by atoms with Crippen molar-refractivity contribution in [1.29, 1.82) is 0 Å². The number of rotatable bonds is 6. The van der Waals surface area contributed by atoms with Crippen LogP contribution in [0, 0.1) is 6.92 Å². The Kier molecular flexibility index (Phi) is 6.25. The van der Waals surface area contributed by atoms with Gasteiger partial charge < -0.3 is 10.1 Å². The Morgan fingerprint density at radius 1 is 1.29 bits per heavy atom. The summed E-state index contributed by atoms with van der Waals surface area (Å²) >= 11 is 7.76. The van der Waals surface area contributed by atoms with Crippen molar-refractivity contribution in [2.75, 3.05) is 23.4 Å². The molecular weight excluding hydrogens is 434 g/mol. The summed E-state index contributed by atoms with van der Waals surface area (Å²) in [6, 6.07) is 10.9. The number of benzene rings is 2. The first-order valence-electron chi connectivity index (χ1n) is 10.0. The van der Waals surface area contributed by atoms with Crippen LogP contribution in [0.3, 0.4) is 0 Å². The van der Waals surface area contributed by atoms with Crippen molar-refractivity contribution < 1.29 is 14.3 Å². The highest BCUT2D eigenvalue weighted by molar-refractivity contribution is 7.09.